The minimum absolute atomic E-state index is 0.0240. The van der Waals surface area contributed by atoms with Crippen molar-refractivity contribution < 1.29 is 4.79 Å². The topological polar surface area (TPSA) is 52.9 Å². The lowest BCUT2D eigenvalue weighted by Crippen LogP contribution is -2.27. The lowest BCUT2D eigenvalue weighted by molar-refractivity contribution is -0.117. The minimum Gasteiger partial charge on any atom is -0.345 e. The van der Waals surface area contributed by atoms with Gasteiger partial charge in [0.25, 0.3) is 5.91 Å². The number of halogens is 1. The van der Waals surface area contributed by atoms with E-state index >= 15 is 0 Å². The average molecular weight is 311 g/mol. The highest BCUT2D eigenvalue weighted by Gasteiger charge is 2.14. The normalized spacial score (nSPS) is 12.3. The summed E-state index contributed by atoms with van der Waals surface area (Å²) in [5.74, 6) is -0.418. The Morgan fingerprint density at radius 3 is 2.45 bits per heavy atom. The first kappa shape index (κ1) is 15.8. The average Bonchev–Trinajstić information content (AvgIpc) is 2.54. The molecule has 1 atom stereocenters. The van der Waals surface area contributed by atoms with Crippen LogP contribution in [-0.2, 0) is 4.79 Å². The van der Waals surface area contributed by atoms with Crippen LogP contribution >= 0.6 is 11.6 Å². The van der Waals surface area contributed by atoms with Gasteiger partial charge in [-0.1, -0.05) is 60.1 Å². The molecule has 0 spiro atoms. The highest BCUT2D eigenvalue weighted by Crippen LogP contribution is 2.19. The maximum atomic E-state index is 12.2. The molecule has 0 heterocycles. The Labute approximate surface area is 134 Å². The van der Waals surface area contributed by atoms with Crippen molar-refractivity contribution in [2.24, 2.45) is 0 Å². The van der Waals surface area contributed by atoms with Gasteiger partial charge < -0.3 is 5.32 Å². The summed E-state index contributed by atoms with van der Waals surface area (Å²) in [6.07, 6.45) is 1.50. The summed E-state index contributed by atoms with van der Waals surface area (Å²) in [5.41, 5.74) is 1.64. The van der Waals surface area contributed by atoms with Crippen LogP contribution in [0.5, 0.6) is 0 Å². The summed E-state index contributed by atoms with van der Waals surface area (Å²) < 4.78 is 0. The summed E-state index contributed by atoms with van der Waals surface area (Å²) in [6.45, 7) is 1.87. The molecule has 22 heavy (non-hydrogen) atoms. The third kappa shape index (κ3) is 3.97. The van der Waals surface area contributed by atoms with Gasteiger partial charge in [-0.25, -0.2) is 0 Å². The monoisotopic (exact) mass is 310 g/mol. The second kappa shape index (κ2) is 7.44. The van der Waals surface area contributed by atoms with E-state index in [0.29, 0.717) is 10.6 Å². The van der Waals surface area contributed by atoms with Gasteiger partial charge >= 0.3 is 0 Å². The van der Waals surface area contributed by atoms with Crippen molar-refractivity contribution >= 4 is 23.6 Å². The number of nitrogens with one attached hydrogen (secondary N) is 1. The SMILES string of the molecule is CC(NC(=O)C(C#N)=Cc1ccccc1Cl)c1ccccc1. The maximum absolute atomic E-state index is 12.2. The lowest BCUT2D eigenvalue weighted by Gasteiger charge is -2.13. The number of rotatable bonds is 4. The van der Waals surface area contributed by atoms with Crippen molar-refractivity contribution in [1.82, 2.24) is 5.32 Å². The molecule has 1 amide bonds. The fourth-order valence-electron chi connectivity index (χ4n) is 2.00. The van der Waals surface area contributed by atoms with Crippen LogP contribution in [0.25, 0.3) is 6.08 Å². The van der Waals surface area contributed by atoms with Crippen LogP contribution in [-0.4, -0.2) is 5.91 Å². The largest absolute Gasteiger partial charge is 0.345 e. The molecule has 1 N–H and O–H groups in total. The van der Waals surface area contributed by atoms with Gasteiger partial charge in [-0.05, 0) is 30.2 Å². The van der Waals surface area contributed by atoms with E-state index < -0.39 is 5.91 Å². The molecular formula is C18H15ClN2O. The zero-order valence-corrected chi connectivity index (χ0v) is 12.8. The summed E-state index contributed by atoms with van der Waals surface area (Å²) in [5, 5.41) is 12.5. The fourth-order valence-corrected chi connectivity index (χ4v) is 2.19. The molecule has 0 saturated carbocycles. The Bertz CT molecular complexity index is 732. The van der Waals surface area contributed by atoms with Crippen molar-refractivity contribution in [2.45, 2.75) is 13.0 Å². The van der Waals surface area contributed by atoms with Gasteiger partial charge in [-0.2, -0.15) is 5.26 Å². The fraction of sp³-hybridized carbons (Fsp3) is 0.111. The van der Waals surface area contributed by atoms with Crippen molar-refractivity contribution in [1.29, 1.82) is 5.26 Å². The molecule has 0 fully saturated rings. The van der Waals surface area contributed by atoms with Crippen molar-refractivity contribution in [3.8, 4) is 6.07 Å². The number of carbonyl (C=O) groups is 1. The number of carbonyl (C=O) groups excluding carboxylic acids is 1. The summed E-state index contributed by atoms with van der Waals surface area (Å²) in [7, 11) is 0. The first-order chi connectivity index (χ1) is 10.6. The summed E-state index contributed by atoms with van der Waals surface area (Å²) in [4.78, 5) is 12.2. The van der Waals surface area contributed by atoms with Gasteiger partial charge in [0.1, 0.15) is 11.6 Å². The second-order valence-electron chi connectivity index (χ2n) is 4.80. The van der Waals surface area contributed by atoms with E-state index in [2.05, 4.69) is 5.32 Å². The number of benzene rings is 2. The number of hydrogen-bond donors (Lipinski definition) is 1. The van der Waals surface area contributed by atoms with Crippen LogP contribution in [0.4, 0.5) is 0 Å². The van der Waals surface area contributed by atoms with Gasteiger partial charge in [0.15, 0.2) is 0 Å². The van der Waals surface area contributed by atoms with Crippen LogP contribution < -0.4 is 5.32 Å². The molecule has 3 nitrogen and oxygen atoms in total. The summed E-state index contributed by atoms with van der Waals surface area (Å²) >= 11 is 6.05. The Morgan fingerprint density at radius 2 is 1.82 bits per heavy atom. The smallest absolute Gasteiger partial charge is 0.262 e. The molecule has 0 aliphatic rings. The predicted octanol–water partition coefficient (Wildman–Crippen LogP) is 4.12. The first-order valence-electron chi connectivity index (χ1n) is 6.84. The van der Waals surface area contributed by atoms with Gasteiger partial charge in [0.05, 0.1) is 6.04 Å². The van der Waals surface area contributed by atoms with Crippen molar-refractivity contribution in [3.05, 3.63) is 76.3 Å². The third-order valence-corrected chi connectivity index (χ3v) is 3.56. The Hall–Kier alpha value is -2.57. The first-order valence-corrected chi connectivity index (χ1v) is 7.21. The molecule has 110 valence electrons. The van der Waals surface area contributed by atoms with Crippen molar-refractivity contribution in [2.75, 3.05) is 0 Å². The molecule has 0 aromatic heterocycles. The molecular weight excluding hydrogens is 296 g/mol. The number of amides is 1. The Morgan fingerprint density at radius 1 is 1.18 bits per heavy atom. The van der Waals surface area contributed by atoms with Crippen molar-refractivity contribution in [3.63, 3.8) is 0 Å². The molecule has 4 heteroatoms. The quantitative estimate of drug-likeness (QED) is 0.682. The van der Waals surface area contributed by atoms with Gasteiger partial charge in [-0.3, -0.25) is 4.79 Å². The lowest BCUT2D eigenvalue weighted by atomic mass is 10.1. The van der Waals surface area contributed by atoms with Gasteiger partial charge in [0, 0.05) is 5.02 Å². The third-order valence-electron chi connectivity index (χ3n) is 3.22. The highest BCUT2D eigenvalue weighted by molar-refractivity contribution is 6.32. The van der Waals surface area contributed by atoms with Gasteiger partial charge in [0.2, 0.25) is 0 Å². The second-order valence-corrected chi connectivity index (χ2v) is 5.20. The zero-order chi connectivity index (χ0) is 15.9. The van der Waals surface area contributed by atoms with Crippen LogP contribution in [0.1, 0.15) is 24.1 Å². The van der Waals surface area contributed by atoms with E-state index in [9.17, 15) is 10.1 Å². The van der Waals surface area contributed by atoms with E-state index in [4.69, 9.17) is 11.6 Å². The van der Waals surface area contributed by atoms with E-state index in [1.807, 2.05) is 43.3 Å². The molecule has 0 aliphatic carbocycles. The molecule has 1 unspecified atom stereocenters. The summed E-state index contributed by atoms with van der Waals surface area (Å²) in [6, 6.07) is 18.4. The molecule has 2 rings (SSSR count). The molecule has 2 aromatic carbocycles. The minimum atomic E-state index is -0.418. The van der Waals surface area contributed by atoms with E-state index in [0.717, 1.165) is 5.56 Å². The van der Waals surface area contributed by atoms with E-state index in [1.165, 1.54) is 6.08 Å². The van der Waals surface area contributed by atoms with Crippen LogP contribution in [0, 0.1) is 11.3 Å². The van der Waals surface area contributed by atoms with E-state index in [1.54, 1.807) is 24.3 Å². The molecule has 0 saturated heterocycles. The molecule has 0 radical (unpaired) electrons. The zero-order valence-electron chi connectivity index (χ0n) is 12.1. The van der Waals surface area contributed by atoms with Crippen LogP contribution in [0.3, 0.4) is 0 Å². The Balaban J connectivity index is 2.17. The molecule has 0 aliphatic heterocycles. The predicted molar refractivity (Wildman–Crippen MR) is 88.0 cm³/mol. The van der Waals surface area contributed by atoms with Gasteiger partial charge in [-0.15, -0.1) is 0 Å². The van der Waals surface area contributed by atoms with Crippen LogP contribution in [0.15, 0.2) is 60.2 Å². The standard InChI is InChI=1S/C18H15ClN2O/c1-13(14-7-3-2-4-8-14)21-18(22)16(12-20)11-15-9-5-6-10-17(15)19/h2-11,13H,1H3,(H,21,22). The molecule has 2 aromatic rings. The number of nitriles is 1. The van der Waals surface area contributed by atoms with Crippen LogP contribution in [0.2, 0.25) is 5.02 Å². The number of hydrogen-bond acceptors (Lipinski definition) is 2. The maximum Gasteiger partial charge on any atom is 0.262 e. The number of nitrogens with zero attached hydrogens (tertiary/aromatic N) is 1. The molecule has 0 bridgehead atoms. The highest BCUT2D eigenvalue weighted by atomic mass is 35.5. The Kier molecular flexibility index (Phi) is 5.35. The van der Waals surface area contributed by atoms with E-state index in [-0.39, 0.29) is 11.6 Å².